The van der Waals surface area contributed by atoms with Gasteiger partial charge in [0.2, 0.25) is 0 Å². The number of phenols is 1. The number of halogens is 1. The SMILES string of the molecule is O=C(CC1(O)C(=O)N(Cc2ccc(F)cc2)c2ccccc21)c1ccccc1O. The summed E-state index contributed by atoms with van der Waals surface area (Å²) in [7, 11) is 0. The molecule has 0 saturated heterocycles. The number of benzene rings is 3. The lowest BCUT2D eigenvalue weighted by Crippen LogP contribution is -2.41. The lowest BCUT2D eigenvalue weighted by Gasteiger charge is -2.23. The number of amides is 1. The van der Waals surface area contributed by atoms with Gasteiger partial charge in [0.15, 0.2) is 11.4 Å². The Hall–Kier alpha value is -3.51. The van der Waals surface area contributed by atoms with Crippen molar-refractivity contribution in [2.45, 2.75) is 18.6 Å². The molecular weight excluding hydrogens is 373 g/mol. The fourth-order valence-corrected chi connectivity index (χ4v) is 3.64. The number of aliphatic hydroxyl groups is 1. The summed E-state index contributed by atoms with van der Waals surface area (Å²) in [6.45, 7) is 0.128. The van der Waals surface area contributed by atoms with Gasteiger partial charge in [-0.05, 0) is 35.9 Å². The highest BCUT2D eigenvalue weighted by Gasteiger charge is 2.50. The van der Waals surface area contributed by atoms with Crippen molar-refractivity contribution in [2.24, 2.45) is 0 Å². The van der Waals surface area contributed by atoms with Gasteiger partial charge < -0.3 is 15.1 Å². The Morgan fingerprint density at radius 1 is 0.966 bits per heavy atom. The van der Waals surface area contributed by atoms with Gasteiger partial charge in [-0.1, -0.05) is 42.5 Å². The molecule has 0 aliphatic carbocycles. The number of carbonyl (C=O) groups is 2. The molecule has 29 heavy (non-hydrogen) atoms. The second kappa shape index (κ2) is 7.14. The van der Waals surface area contributed by atoms with E-state index in [9.17, 15) is 24.2 Å². The quantitative estimate of drug-likeness (QED) is 0.652. The van der Waals surface area contributed by atoms with Crippen molar-refractivity contribution in [3.63, 3.8) is 0 Å². The van der Waals surface area contributed by atoms with Gasteiger partial charge in [0.1, 0.15) is 11.6 Å². The normalized spacial score (nSPS) is 18.0. The van der Waals surface area contributed by atoms with E-state index in [-0.39, 0.29) is 23.7 Å². The molecule has 1 aliphatic rings. The van der Waals surface area contributed by atoms with Gasteiger partial charge in [-0.2, -0.15) is 0 Å². The van der Waals surface area contributed by atoms with Gasteiger partial charge in [0.25, 0.3) is 5.91 Å². The fraction of sp³-hybridized carbons (Fsp3) is 0.130. The van der Waals surface area contributed by atoms with Gasteiger partial charge in [-0.25, -0.2) is 4.39 Å². The molecule has 3 aromatic rings. The smallest absolute Gasteiger partial charge is 0.264 e. The minimum absolute atomic E-state index is 0.0446. The van der Waals surface area contributed by atoms with E-state index in [1.165, 1.54) is 29.2 Å². The molecule has 0 bridgehead atoms. The van der Waals surface area contributed by atoms with Crippen LogP contribution in [0.15, 0.2) is 72.8 Å². The summed E-state index contributed by atoms with van der Waals surface area (Å²) in [6, 6.07) is 18.5. The van der Waals surface area contributed by atoms with E-state index in [2.05, 4.69) is 0 Å². The number of fused-ring (bicyclic) bond motifs is 1. The molecule has 6 heteroatoms. The number of rotatable bonds is 5. The van der Waals surface area contributed by atoms with Crippen molar-refractivity contribution in [3.05, 3.63) is 95.3 Å². The number of anilines is 1. The molecule has 1 amide bonds. The summed E-state index contributed by atoms with van der Waals surface area (Å²) in [5, 5.41) is 21.2. The maximum absolute atomic E-state index is 13.2. The first kappa shape index (κ1) is 18.8. The minimum Gasteiger partial charge on any atom is -0.507 e. The predicted octanol–water partition coefficient (Wildman–Crippen LogP) is 3.54. The van der Waals surface area contributed by atoms with Crippen LogP contribution in [0, 0.1) is 5.82 Å². The Kier molecular flexibility index (Phi) is 4.64. The first-order valence-electron chi connectivity index (χ1n) is 9.09. The van der Waals surface area contributed by atoms with Crippen LogP contribution in [0.4, 0.5) is 10.1 Å². The van der Waals surface area contributed by atoms with Crippen molar-refractivity contribution in [2.75, 3.05) is 4.90 Å². The third kappa shape index (κ3) is 3.28. The van der Waals surface area contributed by atoms with Gasteiger partial charge in [-0.15, -0.1) is 0 Å². The largest absolute Gasteiger partial charge is 0.507 e. The monoisotopic (exact) mass is 391 g/mol. The summed E-state index contributed by atoms with van der Waals surface area (Å²) in [5.74, 6) is -1.76. The van der Waals surface area contributed by atoms with Crippen LogP contribution in [0.3, 0.4) is 0 Å². The maximum Gasteiger partial charge on any atom is 0.264 e. The van der Waals surface area contributed by atoms with Crippen LogP contribution in [-0.2, 0) is 16.9 Å². The highest BCUT2D eigenvalue weighted by molar-refractivity contribution is 6.11. The zero-order chi connectivity index (χ0) is 20.6. The van der Waals surface area contributed by atoms with Crippen LogP contribution in [0.25, 0.3) is 0 Å². The van der Waals surface area contributed by atoms with Gasteiger partial charge in [0.05, 0.1) is 24.2 Å². The van der Waals surface area contributed by atoms with Crippen LogP contribution in [-0.4, -0.2) is 21.9 Å². The van der Waals surface area contributed by atoms with E-state index >= 15 is 0 Å². The van der Waals surface area contributed by atoms with Crippen molar-refractivity contribution in [1.29, 1.82) is 0 Å². The van der Waals surface area contributed by atoms with Crippen LogP contribution in [0.2, 0.25) is 0 Å². The summed E-state index contributed by atoms with van der Waals surface area (Å²) in [4.78, 5) is 27.3. The van der Waals surface area contributed by atoms with E-state index in [0.29, 0.717) is 16.8 Å². The predicted molar refractivity (Wildman–Crippen MR) is 105 cm³/mol. The molecule has 0 fully saturated rings. The number of ketones is 1. The standard InChI is InChI=1S/C23H18FNO4/c24-16-11-9-15(10-12-16)14-25-19-7-3-2-6-18(19)23(29,22(25)28)13-21(27)17-5-1-4-8-20(17)26/h1-12,26,29H,13-14H2. The van der Waals surface area contributed by atoms with E-state index < -0.39 is 23.7 Å². The van der Waals surface area contributed by atoms with Gasteiger partial charge in [-0.3, -0.25) is 9.59 Å². The molecule has 1 heterocycles. The first-order valence-corrected chi connectivity index (χ1v) is 9.09. The number of para-hydroxylation sites is 2. The Morgan fingerprint density at radius 3 is 2.34 bits per heavy atom. The third-order valence-electron chi connectivity index (χ3n) is 5.11. The zero-order valence-electron chi connectivity index (χ0n) is 15.4. The summed E-state index contributed by atoms with van der Waals surface area (Å²) < 4.78 is 13.2. The topological polar surface area (TPSA) is 77.8 Å². The second-order valence-corrected chi connectivity index (χ2v) is 7.01. The number of phenolic OH excluding ortho intramolecular Hbond substituents is 1. The lowest BCUT2D eigenvalue weighted by atomic mass is 9.88. The molecule has 3 aromatic carbocycles. The van der Waals surface area contributed by atoms with Gasteiger partial charge in [0, 0.05) is 5.56 Å². The van der Waals surface area contributed by atoms with Crippen LogP contribution >= 0.6 is 0 Å². The summed E-state index contributed by atoms with van der Waals surface area (Å²) in [5.41, 5.74) is -0.491. The van der Waals surface area contributed by atoms with Crippen LogP contribution in [0.1, 0.15) is 27.9 Å². The van der Waals surface area contributed by atoms with E-state index in [1.54, 1.807) is 48.5 Å². The molecule has 1 atom stereocenters. The van der Waals surface area contributed by atoms with Crippen molar-refractivity contribution in [1.82, 2.24) is 0 Å². The fourth-order valence-electron chi connectivity index (χ4n) is 3.64. The molecule has 4 rings (SSSR count). The second-order valence-electron chi connectivity index (χ2n) is 7.01. The summed E-state index contributed by atoms with van der Waals surface area (Å²) >= 11 is 0. The molecule has 2 N–H and O–H groups in total. The van der Waals surface area contributed by atoms with E-state index in [4.69, 9.17) is 0 Å². The van der Waals surface area contributed by atoms with Crippen LogP contribution in [0.5, 0.6) is 5.75 Å². The summed E-state index contributed by atoms with van der Waals surface area (Å²) in [6.07, 6.45) is -0.500. The number of hydrogen-bond donors (Lipinski definition) is 2. The Bertz CT molecular complexity index is 1100. The van der Waals surface area contributed by atoms with Gasteiger partial charge >= 0.3 is 0 Å². The minimum atomic E-state index is -2.05. The Morgan fingerprint density at radius 2 is 1.62 bits per heavy atom. The molecule has 1 aliphatic heterocycles. The number of aromatic hydroxyl groups is 1. The molecule has 0 aromatic heterocycles. The molecule has 146 valence electrons. The van der Waals surface area contributed by atoms with Crippen molar-refractivity contribution >= 4 is 17.4 Å². The molecule has 1 unspecified atom stereocenters. The zero-order valence-corrected chi connectivity index (χ0v) is 15.4. The highest BCUT2D eigenvalue weighted by Crippen LogP contribution is 2.43. The van der Waals surface area contributed by atoms with Crippen LogP contribution < -0.4 is 4.90 Å². The molecule has 5 nitrogen and oxygen atoms in total. The number of hydrogen-bond acceptors (Lipinski definition) is 4. The first-order chi connectivity index (χ1) is 13.9. The highest BCUT2D eigenvalue weighted by atomic mass is 19.1. The molecule has 0 saturated carbocycles. The van der Waals surface area contributed by atoms with Crippen molar-refractivity contribution in [3.8, 4) is 5.75 Å². The third-order valence-corrected chi connectivity index (χ3v) is 5.11. The Balaban J connectivity index is 1.69. The lowest BCUT2D eigenvalue weighted by molar-refractivity contribution is -0.136. The average molecular weight is 391 g/mol. The number of Topliss-reactive ketones (excluding diaryl/α,β-unsaturated/α-hetero) is 1. The molecule has 0 spiro atoms. The number of nitrogens with zero attached hydrogens (tertiary/aromatic N) is 1. The Labute approximate surface area is 166 Å². The molecular formula is C23H18FNO4. The maximum atomic E-state index is 13.2. The van der Waals surface area contributed by atoms with E-state index in [0.717, 1.165) is 0 Å². The van der Waals surface area contributed by atoms with Crippen molar-refractivity contribution < 1.29 is 24.2 Å². The number of carbonyl (C=O) groups excluding carboxylic acids is 2. The average Bonchev–Trinajstić information content (AvgIpc) is 2.92. The molecule has 0 radical (unpaired) electrons. The van der Waals surface area contributed by atoms with E-state index in [1.807, 2.05) is 0 Å².